The molecule has 0 aliphatic heterocycles. The molecule has 0 fully saturated rings. The summed E-state index contributed by atoms with van der Waals surface area (Å²) >= 11 is 3.16. The van der Waals surface area contributed by atoms with Crippen LogP contribution in [0.3, 0.4) is 0 Å². The topological polar surface area (TPSA) is 62.2 Å². The first-order chi connectivity index (χ1) is 8.56. The number of halogens is 2. The number of nitrogens with one attached hydrogen (secondary N) is 1. The minimum Gasteiger partial charge on any atom is -0.478 e. The molecule has 4 nitrogen and oxygen atoms in total. The predicted molar refractivity (Wildman–Crippen MR) is 68.6 cm³/mol. The van der Waals surface area contributed by atoms with Gasteiger partial charge in [-0.05, 0) is 30.3 Å². The van der Waals surface area contributed by atoms with Crippen LogP contribution < -0.4 is 5.32 Å². The normalized spacial score (nSPS) is 10.1. The number of carboxylic acid groups (broad SMARTS) is 1. The van der Waals surface area contributed by atoms with Gasteiger partial charge in [-0.15, -0.1) is 0 Å². The van der Waals surface area contributed by atoms with Crippen molar-refractivity contribution in [3.63, 3.8) is 0 Å². The summed E-state index contributed by atoms with van der Waals surface area (Å²) in [7, 11) is 0. The number of carbonyl (C=O) groups is 1. The second-order valence-corrected chi connectivity index (χ2v) is 4.40. The number of aromatic nitrogens is 1. The van der Waals surface area contributed by atoms with Gasteiger partial charge in [-0.25, -0.2) is 14.2 Å². The third-order valence-corrected chi connectivity index (χ3v) is 2.70. The molecule has 1 heterocycles. The van der Waals surface area contributed by atoms with Gasteiger partial charge in [-0.1, -0.05) is 15.9 Å². The van der Waals surface area contributed by atoms with Crippen molar-refractivity contribution >= 4 is 33.4 Å². The largest absolute Gasteiger partial charge is 0.478 e. The highest BCUT2D eigenvalue weighted by atomic mass is 79.9. The number of pyridine rings is 1. The Labute approximate surface area is 111 Å². The van der Waals surface area contributed by atoms with Gasteiger partial charge in [0, 0.05) is 10.7 Å². The maximum Gasteiger partial charge on any atom is 0.337 e. The van der Waals surface area contributed by atoms with Crippen molar-refractivity contribution in [1.29, 1.82) is 0 Å². The number of aromatic carboxylic acids is 1. The van der Waals surface area contributed by atoms with Crippen LogP contribution in [0.4, 0.5) is 15.9 Å². The molecule has 6 heteroatoms. The van der Waals surface area contributed by atoms with E-state index in [1.807, 2.05) is 0 Å². The fraction of sp³-hybridized carbons (Fsp3) is 0. The van der Waals surface area contributed by atoms with Crippen molar-refractivity contribution in [3.05, 3.63) is 52.4 Å². The molecule has 0 aliphatic carbocycles. The van der Waals surface area contributed by atoms with Crippen LogP contribution in [0.1, 0.15) is 10.4 Å². The molecule has 2 rings (SSSR count). The minimum atomic E-state index is -1.05. The maximum atomic E-state index is 13.5. The number of hydrogen-bond donors (Lipinski definition) is 2. The zero-order valence-corrected chi connectivity index (χ0v) is 10.6. The lowest BCUT2D eigenvalue weighted by atomic mass is 10.2. The quantitative estimate of drug-likeness (QED) is 0.911. The molecule has 1 aromatic carbocycles. The summed E-state index contributed by atoms with van der Waals surface area (Å²) in [6.45, 7) is 0. The van der Waals surface area contributed by atoms with Gasteiger partial charge in [-0.2, -0.15) is 0 Å². The zero-order chi connectivity index (χ0) is 13.1. The predicted octanol–water partition coefficient (Wildman–Crippen LogP) is 3.43. The number of hydrogen-bond acceptors (Lipinski definition) is 3. The van der Waals surface area contributed by atoms with Crippen molar-refractivity contribution in [1.82, 2.24) is 4.98 Å². The summed E-state index contributed by atoms with van der Waals surface area (Å²) in [5, 5.41) is 11.5. The fourth-order valence-corrected chi connectivity index (χ4v) is 1.66. The van der Waals surface area contributed by atoms with E-state index in [-0.39, 0.29) is 11.3 Å². The third kappa shape index (κ3) is 2.84. The van der Waals surface area contributed by atoms with Gasteiger partial charge in [0.15, 0.2) is 0 Å². The number of rotatable bonds is 3. The Hall–Kier alpha value is -1.95. The van der Waals surface area contributed by atoms with Crippen LogP contribution in [0, 0.1) is 5.82 Å². The van der Waals surface area contributed by atoms with Crippen LogP contribution in [0.25, 0.3) is 0 Å². The molecular weight excluding hydrogens is 303 g/mol. The first-order valence-electron chi connectivity index (χ1n) is 4.97. The zero-order valence-electron chi connectivity index (χ0n) is 9.02. The Bertz CT molecular complexity index is 587. The summed E-state index contributed by atoms with van der Waals surface area (Å²) in [5.41, 5.74) is 0.352. The van der Waals surface area contributed by atoms with Gasteiger partial charge in [0.25, 0.3) is 0 Å². The van der Waals surface area contributed by atoms with Gasteiger partial charge in [-0.3, -0.25) is 0 Å². The monoisotopic (exact) mass is 310 g/mol. The Morgan fingerprint density at radius 1 is 1.33 bits per heavy atom. The van der Waals surface area contributed by atoms with E-state index in [2.05, 4.69) is 26.2 Å². The molecule has 0 saturated heterocycles. The van der Waals surface area contributed by atoms with E-state index in [9.17, 15) is 9.18 Å². The van der Waals surface area contributed by atoms with Gasteiger partial charge < -0.3 is 10.4 Å². The fourth-order valence-electron chi connectivity index (χ4n) is 1.32. The van der Waals surface area contributed by atoms with Crippen molar-refractivity contribution in [2.75, 3.05) is 5.32 Å². The van der Waals surface area contributed by atoms with Gasteiger partial charge in [0.1, 0.15) is 11.6 Å². The molecular formula is C12H8BrFN2O2. The molecule has 0 aliphatic rings. The van der Waals surface area contributed by atoms with Gasteiger partial charge in [0.05, 0.1) is 11.3 Å². The van der Waals surface area contributed by atoms with Crippen LogP contribution in [-0.2, 0) is 0 Å². The van der Waals surface area contributed by atoms with Crippen LogP contribution in [0.2, 0.25) is 0 Å². The lowest BCUT2D eigenvalue weighted by Crippen LogP contribution is -2.00. The molecule has 92 valence electrons. The van der Waals surface area contributed by atoms with Gasteiger partial charge >= 0.3 is 5.97 Å². The van der Waals surface area contributed by atoms with E-state index < -0.39 is 11.8 Å². The van der Waals surface area contributed by atoms with Crippen LogP contribution >= 0.6 is 15.9 Å². The summed E-state index contributed by atoms with van der Waals surface area (Å²) in [5.74, 6) is -1.10. The molecule has 18 heavy (non-hydrogen) atoms. The van der Waals surface area contributed by atoms with E-state index in [1.165, 1.54) is 24.4 Å². The molecule has 0 amide bonds. The first kappa shape index (κ1) is 12.5. The highest BCUT2D eigenvalue weighted by Crippen LogP contribution is 2.22. The van der Waals surface area contributed by atoms with E-state index in [0.717, 1.165) is 0 Å². The molecule has 1 aromatic heterocycles. The second kappa shape index (κ2) is 5.14. The standard InChI is InChI=1S/C12H8BrFN2O2/c13-8-2-3-10(9(14)5-8)16-11-4-1-7(6-15-11)12(17)18/h1-6H,(H,15,16)(H,17,18). The summed E-state index contributed by atoms with van der Waals surface area (Å²) < 4.78 is 14.2. The number of carboxylic acids is 1. The second-order valence-electron chi connectivity index (χ2n) is 3.49. The molecule has 0 atom stereocenters. The van der Waals surface area contributed by atoms with Crippen molar-refractivity contribution in [2.24, 2.45) is 0 Å². The molecule has 0 radical (unpaired) electrons. The highest BCUT2D eigenvalue weighted by Gasteiger charge is 2.06. The number of nitrogens with zero attached hydrogens (tertiary/aromatic N) is 1. The Kier molecular flexibility index (Phi) is 3.57. The molecule has 0 saturated carbocycles. The van der Waals surface area contributed by atoms with E-state index in [0.29, 0.717) is 10.3 Å². The van der Waals surface area contributed by atoms with Crippen LogP contribution in [0.5, 0.6) is 0 Å². The van der Waals surface area contributed by atoms with Crippen molar-refractivity contribution < 1.29 is 14.3 Å². The molecule has 0 spiro atoms. The van der Waals surface area contributed by atoms with E-state index >= 15 is 0 Å². The van der Waals surface area contributed by atoms with Crippen LogP contribution in [-0.4, -0.2) is 16.1 Å². The van der Waals surface area contributed by atoms with Crippen molar-refractivity contribution in [3.8, 4) is 0 Å². The molecule has 0 unspecified atom stereocenters. The van der Waals surface area contributed by atoms with Gasteiger partial charge in [0.2, 0.25) is 0 Å². The average Bonchev–Trinajstić information content (AvgIpc) is 2.33. The number of anilines is 2. The first-order valence-corrected chi connectivity index (χ1v) is 5.77. The Morgan fingerprint density at radius 3 is 2.67 bits per heavy atom. The SMILES string of the molecule is O=C(O)c1ccc(Nc2ccc(Br)cc2F)nc1. The third-order valence-electron chi connectivity index (χ3n) is 2.20. The smallest absolute Gasteiger partial charge is 0.337 e. The number of benzene rings is 1. The van der Waals surface area contributed by atoms with E-state index in [4.69, 9.17) is 5.11 Å². The molecule has 2 N–H and O–H groups in total. The molecule has 2 aromatic rings. The maximum absolute atomic E-state index is 13.5. The highest BCUT2D eigenvalue weighted by molar-refractivity contribution is 9.10. The van der Waals surface area contributed by atoms with Crippen molar-refractivity contribution in [2.45, 2.75) is 0 Å². The Morgan fingerprint density at radius 2 is 2.11 bits per heavy atom. The van der Waals surface area contributed by atoms with Crippen LogP contribution in [0.15, 0.2) is 41.0 Å². The minimum absolute atomic E-state index is 0.0804. The average molecular weight is 311 g/mol. The lowest BCUT2D eigenvalue weighted by Gasteiger charge is -2.07. The Balaban J connectivity index is 2.21. The molecule has 0 bridgehead atoms. The van der Waals surface area contributed by atoms with E-state index in [1.54, 1.807) is 12.1 Å². The lowest BCUT2D eigenvalue weighted by molar-refractivity contribution is 0.0696. The summed E-state index contributed by atoms with van der Waals surface area (Å²) in [6.07, 6.45) is 1.21. The summed E-state index contributed by atoms with van der Waals surface area (Å²) in [4.78, 5) is 14.5. The summed E-state index contributed by atoms with van der Waals surface area (Å²) in [6, 6.07) is 7.45.